The number of aryl methyl sites for hydroxylation is 1. The second-order valence-corrected chi connectivity index (χ2v) is 5.07. The summed E-state index contributed by atoms with van der Waals surface area (Å²) < 4.78 is 12.2. The molecule has 0 radical (unpaired) electrons. The molecule has 0 aliphatic carbocycles. The van der Waals surface area contributed by atoms with Crippen molar-refractivity contribution in [3.8, 4) is 11.5 Å². The molecular weight excluding hydrogens is 294 g/mol. The minimum Gasteiger partial charge on any atom is -0.454 e. The van der Waals surface area contributed by atoms with Crippen LogP contribution in [0.3, 0.4) is 0 Å². The normalized spacial score (nSPS) is 12.4. The van der Waals surface area contributed by atoms with E-state index in [-0.39, 0.29) is 12.7 Å². The van der Waals surface area contributed by atoms with Gasteiger partial charge in [0.15, 0.2) is 11.5 Å². The molecule has 0 saturated carbocycles. The Hall–Kier alpha value is -2.21. The first kappa shape index (κ1) is 13.8. The Morgan fingerprint density at radius 1 is 1.38 bits per heavy atom. The van der Waals surface area contributed by atoms with Gasteiger partial charge in [-0.1, -0.05) is 17.7 Å². The van der Waals surface area contributed by atoms with E-state index in [1.807, 2.05) is 18.2 Å². The maximum Gasteiger partial charge on any atom is 0.231 e. The van der Waals surface area contributed by atoms with Crippen molar-refractivity contribution in [3.05, 3.63) is 41.2 Å². The van der Waals surface area contributed by atoms with Gasteiger partial charge in [-0.25, -0.2) is 0 Å². The number of nitrogens with one attached hydrogen (secondary N) is 1. The van der Waals surface area contributed by atoms with E-state index < -0.39 is 0 Å². The zero-order valence-corrected chi connectivity index (χ0v) is 12.0. The Kier molecular flexibility index (Phi) is 3.96. The molecule has 7 heteroatoms. The lowest BCUT2D eigenvalue weighted by molar-refractivity contribution is -0.121. The molecule has 3 rings (SSSR count). The van der Waals surface area contributed by atoms with Crippen LogP contribution in [0.4, 0.5) is 0 Å². The monoisotopic (exact) mass is 307 g/mol. The first-order valence-corrected chi connectivity index (χ1v) is 6.92. The molecule has 1 N–H and O–H groups in total. The molecule has 0 bridgehead atoms. The molecule has 0 fully saturated rings. The first-order chi connectivity index (χ1) is 10.2. The number of ether oxygens (including phenoxy) is 2. The molecule has 0 unspecified atom stereocenters. The van der Waals surface area contributed by atoms with Crippen molar-refractivity contribution in [2.75, 3.05) is 6.79 Å². The lowest BCUT2D eigenvalue weighted by Gasteiger charge is -2.06. The summed E-state index contributed by atoms with van der Waals surface area (Å²) in [7, 11) is 0. The van der Waals surface area contributed by atoms with Crippen LogP contribution in [0.25, 0.3) is 0 Å². The Morgan fingerprint density at radius 2 is 2.24 bits per heavy atom. The Labute approximate surface area is 126 Å². The molecule has 1 aromatic heterocycles. The number of hydrogen-bond acceptors (Lipinski definition) is 4. The molecule has 6 nitrogen and oxygen atoms in total. The molecule has 2 aromatic rings. The summed E-state index contributed by atoms with van der Waals surface area (Å²) in [4.78, 5) is 11.8. The van der Waals surface area contributed by atoms with Gasteiger partial charge >= 0.3 is 0 Å². The molecule has 0 saturated heterocycles. The number of carbonyl (C=O) groups excluding carboxylic acids is 1. The van der Waals surface area contributed by atoms with Gasteiger partial charge in [-0.2, -0.15) is 5.10 Å². The summed E-state index contributed by atoms with van der Waals surface area (Å²) in [5, 5.41) is 7.44. The maximum atomic E-state index is 11.8. The van der Waals surface area contributed by atoms with E-state index in [2.05, 4.69) is 10.4 Å². The molecule has 2 heterocycles. The topological polar surface area (TPSA) is 65.4 Å². The van der Waals surface area contributed by atoms with Crippen molar-refractivity contribution < 1.29 is 14.3 Å². The van der Waals surface area contributed by atoms with Gasteiger partial charge < -0.3 is 14.8 Å². The van der Waals surface area contributed by atoms with Crippen molar-refractivity contribution in [1.29, 1.82) is 0 Å². The van der Waals surface area contributed by atoms with E-state index in [0.717, 1.165) is 11.3 Å². The number of hydrogen-bond donors (Lipinski definition) is 1. The lowest BCUT2D eigenvalue weighted by atomic mass is 10.2. The zero-order valence-electron chi connectivity index (χ0n) is 11.2. The van der Waals surface area contributed by atoms with Gasteiger partial charge in [0.1, 0.15) is 0 Å². The Balaban J connectivity index is 1.47. The predicted molar refractivity (Wildman–Crippen MR) is 76.3 cm³/mol. The minimum atomic E-state index is -0.0423. The zero-order chi connectivity index (χ0) is 14.7. The average molecular weight is 308 g/mol. The SMILES string of the molecule is O=C(CCn1cc(Cl)cn1)NCc1ccc2c(c1)OCO2. The van der Waals surface area contributed by atoms with Crippen LogP contribution >= 0.6 is 11.6 Å². The number of aromatic nitrogens is 2. The molecule has 0 spiro atoms. The van der Waals surface area contributed by atoms with Crippen LogP contribution < -0.4 is 14.8 Å². The lowest BCUT2D eigenvalue weighted by Crippen LogP contribution is -2.24. The van der Waals surface area contributed by atoms with Crippen LogP contribution in [0.5, 0.6) is 11.5 Å². The highest BCUT2D eigenvalue weighted by molar-refractivity contribution is 6.30. The van der Waals surface area contributed by atoms with Gasteiger partial charge in [0, 0.05) is 25.7 Å². The number of rotatable bonds is 5. The number of carbonyl (C=O) groups is 1. The van der Waals surface area contributed by atoms with Crippen molar-refractivity contribution in [1.82, 2.24) is 15.1 Å². The van der Waals surface area contributed by atoms with Crippen LogP contribution in [0.1, 0.15) is 12.0 Å². The van der Waals surface area contributed by atoms with Crippen LogP contribution in [0, 0.1) is 0 Å². The quantitative estimate of drug-likeness (QED) is 0.917. The highest BCUT2D eigenvalue weighted by atomic mass is 35.5. The number of amides is 1. The van der Waals surface area contributed by atoms with Crippen LogP contribution in [0.2, 0.25) is 5.02 Å². The second-order valence-electron chi connectivity index (χ2n) is 4.64. The van der Waals surface area contributed by atoms with E-state index >= 15 is 0 Å². The summed E-state index contributed by atoms with van der Waals surface area (Å²) >= 11 is 5.76. The first-order valence-electron chi connectivity index (χ1n) is 6.54. The van der Waals surface area contributed by atoms with Crippen LogP contribution in [0.15, 0.2) is 30.6 Å². The van der Waals surface area contributed by atoms with E-state index in [9.17, 15) is 4.79 Å². The third-order valence-electron chi connectivity index (χ3n) is 3.10. The number of nitrogens with zero attached hydrogens (tertiary/aromatic N) is 2. The highest BCUT2D eigenvalue weighted by Crippen LogP contribution is 2.32. The van der Waals surface area contributed by atoms with Gasteiger partial charge in [0.05, 0.1) is 11.2 Å². The average Bonchev–Trinajstić information content (AvgIpc) is 3.10. The van der Waals surface area contributed by atoms with E-state index in [1.165, 1.54) is 0 Å². The molecule has 0 atom stereocenters. The van der Waals surface area contributed by atoms with Gasteiger partial charge in [0.2, 0.25) is 12.7 Å². The summed E-state index contributed by atoms with van der Waals surface area (Å²) in [6.45, 7) is 1.20. The molecule has 1 aliphatic heterocycles. The highest BCUT2D eigenvalue weighted by Gasteiger charge is 2.13. The number of halogens is 1. The molecule has 110 valence electrons. The smallest absolute Gasteiger partial charge is 0.231 e. The second kappa shape index (κ2) is 6.05. The molecular formula is C14H14ClN3O3. The Morgan fingerprint density at radius 3 is 3.05 bits per heavy atom. The molecule has 1 amide bonds. The molecule has 1 aliphatic rings. The maximum absolute atomic E-state index is 11.8. The summed E-state index contributed by atoms with van der Waals surface area (Å²) in [6, 6.07) is 5.62. The summed E-state index contributed by atoms with van der Waals surface area (Å²) in [6.07, 6.45) is 3.58. The number of benzene rings is 1. The minimum absolute atomic E-state index is 0.0423. The van der Waals surface area contributed by atoms with Gasteiger partial charge in [0.25, 0.3) is 0 Å². The predicted octanol–water partition coefficient (Wildman–Crippen LogP) is 1.97. The van der Waals surface area contributed by atoms with Crippen molar-refractivity contribution in [2.24, 2.45) is 0 Å². The van der Waals surface area contributed by atoms with Crippen molar-refractivity contribution in [2.45, 2.75) is 19.5 Å². The van der Waals surface area contributed by atoms with Gasteiger partial charge in [-0.3, -0.25) is 9.48 Å². The van der Waals surface area contributed by atoms with Crippen LogP contribution in [-0.2, 0) is 17.9 Å². The van der Waals surface area contributed by atoms with Gasteiger partial charge in [-0.05, 0) is 17.7 Å². The van der Waals surface area contributed by atoms with Gasteiger partial charge in [-0.15, -0.1) is 0 Å². The van der Waals surface area contributed by atoms with Crippen molar-refractivity contribution >= 4 is 17.5 Å². The summed E-state index contributed by atoms with van der Waals surface area (Å²) in [5.74, 6) is 1.41. The van der Waals surface area contributed by atoms with Crippen LogP contribution in [-0.4, -0.2) is 22.5 Å². The van der Waals surface area contributed by atoms with Crippen molar-refractivity contribution in [3.63, 3.8) is 0 Å². The van der Waals surface area contributed by atoms with E-state index in [1.54, 1.807) is 17.1 Å². The van der Waals surface area contributed by atoms with E-state index in [4.69, 9.17) is 21.1 Å². The molecule has 1 aromatic carbocycles. The molecule has 21 heavy (non-hydrogen) atoms. The third-order valence-corrected chi connectivity index (χ3v) is 3.29. The Bertz CT molecular complexity index is 657. The fourth-order valence-electron chi connectivity index (χ4n) is 2.02. The third kappa shape index (κ3) is 3.46. The fourth-order valence-corrected chi connectivity index (χ4v) is 2.17. The largest absolute Gasteiger partial charge is 0.454 e. The fraction of sp³-hybridized carbons (Fsp3) is 0.286. The van der Waals surface area contributed by atoms with E-state index in [0.29, 0.717) is 30.3 Å². The summed E-state index contributed by atoms with van der Waals surface area (Å²) in [5.41, 5.74) is 0.967. The standard InChI is InChI=1S/C14H14ClN3O3/c15-11-7-17-18(8-11)4-3-14(19)16-6-10-1-2-12-13(5-10)21-9-20-12/h1-2,5,7-8H,3-4,6,9H2,(H,16,19). The number of fused-ring (bicyclic) bond motifs is 1.